The first-order chi connectivity index (χ1) is 9.79. The van der Waals surface area contributed by atoms with Crippen molar-refractivity contribution >= 4 is 40.7 Å². The SMILES string of the molecule is CC(C)NC(=O)CNC(=O)C(C)Nc1ccc(Cl)cc1Cl. The highest BCUT2D eigenvalue weighted by molar-refractivity contribution is 6.36. The van der Waals surface area contributed by atoms with Gasteiger partial charge < -0.3 is 16.0 Å². The summed E-state index contributed by atoms with van der Waals surface area (Å²) in [7, 11) is 0. The number of rotatable bonds is 6. The Morgan fingerprint density at radius 1 is 1.19 bits per heavy atom. The van der Waals surface area contributed by atoms with E-state index in [0.717, 1.165) is 0 Å². The molecular formula is C14H19Cl2N3O2. The highest BCUT2D eigenvalue weighted by Gasteiger charge is 2.15. The van der Waals surface area contributed by atoms with Crippen LogP contribution in [-0.2, 0) is 9.59 Å². The third kappa shape index (κ3) is 6.23. The molecule has 1 atom stereocenters. The summed E-state index contributed by atoms with van der Waals surface area (Å²) in [6, 6.07) is 4.47. The zero-order valence-electron chi connectivity index (χ0n) is 12.2. The van der Waals surface area contributed by atoms with E-state index in [1.165, 1.54) is 0 Å². The molecule has 0 aliphatic carbocycles. The standard InChI is InChI=1S/C14H19Cl2N3O2/c1-8(2)18-13(20)7-17-14(21)9(3)19-12-5-4-10(15)6-11(12)16/h4-6,8-9,19H,7H2,1-3H3,(H,17,21)(H,18,20). The lowest BCUT2D eigenvalue weighted by molar-refractivity contribution is -0.126. The lowest BCUT2D eigenvalue weighted by atomic mass is 10.2. The Labute approximate surface area is 134 Å². The molecule has 0 radical (unpaired) electrons. The van der Waals surface area contributed by atoms with Gasteiger partial charge in [-0.2, -0.15) is 0 Å². The second-order valence-electron chi connectivity index (χ2n) is 4.93. The van der Waals surface area contributed by atoms with Crippen LogP contribution in [0.5, 0.6) is 0 Å². The Bertz CT molecular complexity index is 521. The molecule has 7 heteroatoms. The van der Waals surface area contributed by atoms with Crippen LogP contribution in [0.4, 0.5) is 5.69 Å². The van der Waals surface area contributed by atoms with Gasteiger partial charge in [0.1, 0.15) is 6.04 Å². The summed E-state index contributed by atoms with van der Waals surface area (Å²) in [5.74, 6) is -0.519. The van der Waals surface area contributed by atoms with Gasteiger partial charge in [0.25, 0.3) is 0 Å². The minimum Gasteiger partial charge on any atom is -0.373 e. The van der Waals surface area contributed by atoms with E-state index in [1.54, 1.807) is 25.1 Å². The zero-order chi connectivity index (χ0) is 16.0. The minimum atomic E-state index is -0.532. The molecule has 0 saturated carbocycles. The summed E-state index contributed by atoms with van der Waals surface area (Å²) in [5, 5.41) is 9.17. The number of carbonyl (C=O) groups is 2. The highest BCUT2D eigenvalue weighted by Crippen LogP contribution is 2.25. The molecule has 1 unspecified atom stereocenters. The molecule has 0 aliphatic heterocycles. The largest absolute Gasteiger partial charge is 0.373 e. The van der Waals surface area contributed by atoms with Crippen molar-refractivity contribution in [2.24, 2.45) is 0 Å². The van der Waals surface area contributed by atoms with Crippen LogP contribution in [0.2, 0.25) is 10.0 Å². The van der Waals surface area contributed by atoms with Crippen molar-refractivity contribution in [2.75, 3.05) is 11.9 Å². The summed E-state index contributed by atoms with van der Waals surface area (Å²) in [4.78, 5) is 23.3. The second kappa shape index (κ2) is 8.10. The van der Waals surface area contributed by atoms with Crippen molar-refractivity contribution in [1.82, 2.24) is 10.6 Å². The van der Waals surface area contributed by atoms with Crippen LogP contribution in [0, 0.1) is 0 Å². The third-order valence-corrected chi connectivity index (χ3v) is 3.12. The number of carbonyl (C=O) groups excluding carboxylic acids is 2. The van der Waals surface area contributed by atoms with Gasteiger partial charge in [0.15, 0.2) is 0 Å². The summed E-state index contributed by atoms with van der Waals surface area (Å²) in [5.41, 5.74) is 0.607. The molecule has 21 heavy (non-hydrogen) atoms. The van der Waals surface area contributed by atoms with E-state index in [2.05, 4.69) is 16.0 Å². The summed E-state index contributed by atoms with van der Waals surface area (Å²) in [6.45, 7) is 5.33. The number of amides is 2. The summed E-state index contributed by atoms with van der Waals surface area (Å²) >= 11 is 11.8. The van der Waals surface area contributed by atoms with E-state index in [1.807, 2.05) is 13.8 Å². The molecule has 116 valence electrons. The van der Waals surface area contributed by atoms with Crippen LogP contribution < -0.4 is 16.0 Å². The van der Waals surface area contributed by atoms with Crippen molar-refractivity contribution in [3.05, 3.63) is 28.2 Å². The smallest absolute Gasteiger partial charge is 0.242 e. The average Bonchev–Trinajstić information content (AvgIpc) is 2.38. The Kier molecular flexibility index (Phi) is 6.78. The van der Waals surface area contributed by atoms with E-state index in [-0.39, 0.29) is 24.4 Å². The first kappa shape index (κ1) is 17.6. The van der Waals surface area contributed by atoms with Gasteiger partial charge in [-0.05, 0) is 39.0 Å². The normalized spacial score (nSPS) is 11.9. The molecule has 0 saturated heterocycles. The van der Waals surface area contributed by atoms with Crippen LogP contribution in [0.25, 0.3) is 0 Å². The zero-order valence-corrected chi connectivity index (χ0v) is 13.7. The van der Waals surface area contributed by atoms with Crippen molar-refractivity contribution < 1.29 is 9.59 Å². The quantitative estimate of drug-likeness (QED) is 0.749. The Morgan fingerprint density at radius 3 is 2.43 bits per heavy atom. The molecule has 3 N–H and O–H groups in total. The first-order valence-corrected chi connectivity index (χ1v) is 7.34. The molecule has 0 aliphatic rings. The lowest BCUT2D eigenvalue weighted by Gasteiger charge is -2.16. The predicted octanol–water partition coefficient (Wildman–Crippen LogP) is 2.43. The van der Waals surface area contributed by atoms with Crippen LogP contribution in [0.3, 0.4) is 0 Å². The van der Waals surface area contributed by atoms with Crippen LogP contribution >= 0.6 is 23.2 Å². The Morgan fingerprint density at radius 2 is 1.86 bits per heavy atom. The molecule has 0 fully saturated rings. The summed E-state index contributed by atoms with van der Waals surface area (Å²) < 4.78 is 0. The predicted molar refractivity (Wildman–Crippen MR) is 85.8 cm³/mol. The van der Waals surface area contributed by atoms with E-state index in [9.17, 15) is 9.59 Å². The summed E-state index contributed by atoms with van der Waals surface area (Å²) in [6.07, 6.45) is 0. The van der Waals surface area contributed by atoms with E-state index >= 15 is 0 Å². The molecule has 1 rings (SSSR count). The van der Waals surface area contributed by atoms with Gasteiger partial charge in [0, 0.05) is 11.1 Å². The first-order valence-electron chi connectivity index (χ1n) is 6.58. The van der Waals surface area contributed by atoms with Gasteiger partial charge in [-0.25, -0.2) is 0 Å². The van der Waals surface area contributed by atoms with Crippen molar-refractivity contribution in [1.29, 1.82) is 0 Å². The van der Waals surface area contributed by atoms with Crippen molar-refractivity contribution in [2.45, 2.75) is 32.9 Å². The third-order valence-electron chi connectivity index (χ3n) is 2.57. The van der Waals surface area contributed by atoms with E-state index < -0.39 is 6.04 Å². The monoisotopic (exact) mass is 331 g/mol. The molecule has 1 aromatic carbocycles. The number of nitrogens with one attached hydrogen (secondary N) is 3. The average molecular weight is 332 g/mol. The van der Waals surface area contributed by atoms with Crippen LogP contribution in [0.15, 0.2) is 18.2 Å². The van der Waals surface area contributed by atoms with Crippen LogP contribution in [0.1, 0.15) is 20.8 Å². The number of anilines is 1. The minimum absolute atomic E-state index is 0.0397. The Hall–Kier alpha value is -1.46. The van der Waals surface area contributed by atoms with Gasteiger partial charge >= 0.3 is 0 Å². The Balaban J connectivity index is 2.49. The van der Waals surface area contributed by atoms with E-state index in [0.29, 0.717) is 15.7 Å². The van der Waals surface area contributed by atoms with Gasteiger partial charge in [-0.15, -0.1) is 0 Å². The number of halogens is 2. The second-order valence-corrected chi connectivity index (χ2v) is 5.77. The fourth-order valence-electron chi connectivity index (χ4n) is 1.60. The van der Waals surface area contributed by atoms with Gasteiger partial charge in [-0.1, -0.05) is 23.2 Å². The molecule has 0 aromatic heterocycles. The van der Waals surface area contributed by atoms with Crippen LogP contribution in [-0.4, -0.2) is 30.4 Å². The molecule has 2 amide bonds. The molecule has 5 nitrogen and oxygen atoms in total. The molecule has 1 aromatic rings. The van der Waals surface area contributed by atoms with Gasteiger partial charge in [0.05, 0.1) is 17.3 Å². The van der Waals surface area contributed by atoms with Crippen molar-refractivity contribution in [3.8, 4) is 0 Å². The molecule has 0 heterocycles. The van der Waals surface area contributed by atoms with Crippen molar-refractivity contribution in [3.63, 3.8) is 0 Å². The fourth-order valence-corrected chi connectivity index (χ4v) is 2.06. The molecular weight excluding hydrogens is 313 g/mol. The van der Waals surface area contributed by atoms with Gasteiger partial charge in [-0.3, -0.25) is 9.59 Å². The molecule has 0 bridgehead atoms. The fraction of sp³-hybridized carbons (Fsp3) is 0.429. The highest BCUT2D eigenvalue weighted by atomic mass is 35.5. The number of hydrogen-bond donors (Lipinski definition) is 3. The molecule has 0 spiro atoms. The van der Waals surface area contributed by atoms with Gasteiger partial charge in [0.2, 0.25) is 11.8 Å². The van der Waals surface area contributed by atoms with E-state index in [4.69, 9.17) is 23.2 Å². The number of benzene rings is 1. The topological polar surface area (TPSA) is 70.2 Å². The maximum Gasteiger partial charge on any atom is 0.242 e. The maximum absolute atomic E-state index is 11.9. The maximum atomic E-state index is 11.9. The lowest BCUT2D eigenvalue weighted by Crippen LogP contribution is -2.44. The number of hydrogen-bond acceptors (Lipinski definition) is 3.